The van der Waals surface area contributed by atoms with Crippen molar-refractivity contribution in [3.63, 3.8) is 0 Å². The summed E-state index contributed by atoms with van der Waals surface area (Å²) in [6, 6.07) is 0. The molecule has 0 amide bonds. The van der Waals surface area contributed by atoms with E-state index in [4.69, 9.17) is 0 Å². The number of ketones is 1. The Hall–Kier alpha value is -0.630. The molecule has 0 bridgehead atoms. The summed E-state index contributed by atoms with van der Waals surface area (Å²) in [4.78, 5) is 11.3. The highest BCUT2D eigenvalue weighted by Crippen LogP contribution is 2.29. The quantitative estimate of drug-likeness (QED) is 0.643. The zero-order valence-corrected chi connectivity index (χ0v) is 8.84. The van der Waals surface area contributed by atoms with E-state index in [2.05, 4.69) is 6.58 Å². The Morgan fingerprint density at radius 1 is 1.62 bits per heavy atom. The molecule has 0 rings (SSSR count). The van der Waals surface area contributed by atoms with Gasteiger partial charge in [-0.1, -0.05) is 33.3 Å². The minimum Gasteiger partial charge on any atom is -0.384 e. The number of Topliss-reactive ketones (excluding diaryl/α,β-unsaturated/α-hetero) is 1. The van der Waals surface area contributed by atoms with E-state index in [1.165, 1.54) is 0 Å². The fourth-order valence-corrected chi connectivity index (χ4v) is 1.45. The number of carbonyl (C=O) groups is 1. The Morgan fingerprint density at radius 2 is 2.15 bits per heavy atom. The van der Waals surface area contributed by atoms with Crippen LogP contribution in [0.4, 0.5) is 0 Å². The standard InChI is InChI=1S/C11H20O2/c1-5-8-11(4,7-3)10(13)9(12)6-2/h7,10,13H,3,5-6,8H2,1-2,4H3/t10-,11+/m0/s1. The summed E-state index contributed by atoms with van der Waals surface area (Å²) in [5.74, 6) is -0.101. The summed E-state index contributed by atoms with van der Waals surface area (Å²) in [5, 5.41) is 9.75. The lowest BCUT2D eigenvalue weighted by atomic mass is 9.78. The Kier molecular flexibility index (Phi) is 4.92. The molecule has 0 aromatic heterocycles. The van der Waals surface area contributed by atoms with Crippen LogP contribution < -0.4 is 0 Å². The fraction of sp³-hybridized carbons (Fsp3) is 0.727. The molecule has 1 N–H and O–H groups in total. The van der Waals surface area contributed by atoms with Crippen LogP contribution in [-0.2, 0) is 4.79 Å². The van der Waals surface area contributed by atoms with Crippen molar-refractivity contribution in [3.8, 4) is 0 Å². The van der Waals surface area contributed by atoms with Gasteiger partial charge < -0.3 is 5.11 Å². The molecule has 0 aliphatic heterocycles. The molecule has 0 saturated heterocycles. The summed E-state index contributed by atoms with van der Waals surface area (Å²) in [5.41, 5.74) is -0.457. The minimum atomic E-state index is -0.894. The summed E-state index contributed by atoms with van der Waals surface area (Å²) < 4.78 is 0. The van der Waals surface area contributed by atoms with E-state index in [0.29, 0.717) is 6.42 Å². The molecule has 0 aliphatic rings. The molecule has 2 heteroatoms. The Balaban J connectivity index is 4.54. The molecule has 0 aromatic carbocycles. The molecule has 0 heterocycles. The normalized spacial score (nSPS) is 17.5. The molecule has 0 spiro atoms. The van der Waals surface area contributed by atoms with Crippen LogP contribution in [0.5, 0.6) is 0 Å². The van der Waals surface area contributed by atoms with Gasteiger partial charge in [-0.25, -0.2) is 0 Å². The van der Waals surface area contributed by atoms with Crippen molar-refractivity contribution in [1.82, 2.24) is 0 Å². The molecule has 76 valence electrons. The van der Waals surface area contributed by atoms with Gasteiger partial charge >= 0.3 is 0 Å². The van der Waals surface area contributed by atoms with Gasteiger partial charge in [0.2, 0.25) is 0 Å². The van der Waals surface area contributed by atoms with Gasteiger partial charge in [0.15, 0.2) is 5.78 Å². The van der Waals surface area contributed by atoms with Gasteiger partial charge in [0.1, 0.15) is 6.10 Å². The lowest BCUT2D eigenvalue weighted by Crippen LogP contribution is -2.36. The molecule has 0 saturated carbocycles. The maximum Gasteiger partial charge on any atom is 0.161 e. The van der Waals surface area contributed by atoms with Gasteiger partial charge in [0.25, 0.3) is 0 Å². The molecule has 2 atom stereocenters. The topological polar surface area (TPSA) is 37.3 Å². The van der Waals surface area contributed by atoms with Crippen LogP contribution in [-0.4, -0.2) is 17.0 Å². The van der Waals surface area contributed by atoms with E-state index in [1.54, 1.807) is 13.0 Å². The highest BCUT2D eigenvalue weighted by molar-refractivity contribution is 5.83. The van der Waals surface area contributed by atoms with Crippen LogP contribution in [0.2, 0.25) is 0 Å². The molecule has 0 aromatic rings. The fourth-order valence-electron chi connectivity index (χ4n) is 1.45. The Labute approximate surface area is 80.7 Å². The Bertz CT molecular complexity index is 187. The van der Waals surface area contributed by atoms with Crippen molar-refractivity contribution in [3.05, 3.63) is 12.7 Å². The molecular weight excluding hydrogens is 164 g/mol. The van der Waals surface area contributed by atoms with Crippen LogP contribution in [0.25, 0.3) is 0 Å². The zero-order chi connectivity index (χ0) is 10.5. The number of aliphatic hydroxyl groups is 1. The lowest BCUT2D eigenvalue weighted by molar-refractivity contribution is -0.131. The number of rotatable bonds is 6. The first-order chi connectivity index (χ1) is 6.01. The summed E-state index contributed by atoms with van der Waals surface area (Å²) in [7, 11) is 0. The van der Waals surface area contributed by atoms with Gasteiger partial charge in [0, 0.05) is 11.8 Å². The van der Waals surface area contributed by atoms with Crippen LogP contribution in [0.15, 0.2) is 12.7 Å². The molecule has 0 fully saturated rings. The minimum absolute atomic E-state index is 0.101. The van der Waals surface area contributed by atoms with Crippen LogP contribution in [0.1, 0.15) is 40.0 Å². The third-order valence-corrected chi connectivity index (χ3v) is 2.53. The van der Waals surface area contributed by atoms with Gasteiger partial charge in [0.05, 0.1) is 0 Å². The van der Waals surface area contributed by atoms with E-state index in [9.17, 15) is 9.90 Å². The first-order valence-electron chi connectivity index (χ1n) is 4.86. The van der Waals surface area contributed by atoms with Crippen molar-refractivity contribution in [2.75, 3.05) is 0 Å². The highest BCUT2D eigenvalue weighted by Gasteiger charge is 2.32. The van der Waals surface area contributed by atoms with Crippen molar-refractivity contribution in [2.45, 2.75) is 46.1 Å². The molecule has 0 unspecified atom stereocenters. The second-order valence-corrected chi connectivity index (χ2v) is 3.68. The number of aliphatic hydroxyl groups excluding tert-OH is 1. The zero-order valence-electron chi connectivity index (χ0n) is 8.84. The van der Waals surface area contributed by atoms with Crippen LogP contribution in [0, 0.1) is 5.41 Å². The number of carbonyl (C=O) groups excluding carboxylic acids is 1. The number of hydrogen-bond donors (Lipinski definition) is 1. The average Bonchev–Trinajstić information content (AvgIpc) is 2.15. The van der Waals surface area contributed by atoms with Gasteiger partial charge in [-0.2, -0.15) is 0 Å². The third-order valence-electron chi connectivity index (χ3n) is 2.53. The monoisotopic (exact) mass is 184 g/mol. The van der Waals surface area contributed by atoms with Gasteiger partial charge in [-0.05, 0) is 6.42 Å². The number of hydrogen-bond acceptors (Lipinski definition) is 2. The summed E-state index contributed by atoms with van der Waals surface area (Å²) in [6.45, 7) is 9.35. The van der Waals surface area contributed by atoms with E-state index in [1.807, 2.05) is 13.8 Å². The van der Waals surface area contributed by atoms with Crippen LogP contribution in [0.3, 0.4) is 0 Å². The second-order valence-electron chi connectivity index (χ2n) is 3.68. The van der Waals surface area contributed by atoms with E-state index >= 15 is 0 Å². The van der Waals surface area contributed by atoms with Crippen molar-refractivity contribution >= 4 is 5.78 Å². The van der Waals surface area contributed by atoms with E-state index in [-0.39, 0.29) is 5.78 Å². The van der Waals surface area contributed by atoms with Crippen LogP contribution >= 0.6 is 0 Å². The molecular formula is C11H20O2. The van der Waals surface area contributed by atoms with Crippen molar-refractivity contribution in [1.29, 1.82) is 0 Å². The first-order valence-corrected chi connectivity index (χ1v) is 4.86. The molecule has 0 radical (unpaired) electrons. The lowest BCUT2D eigenvalue weighted by Gasteiger charge is -2.29. The van der Waals surface area contributed by atoms with E-state index < -0.39 is 11.5 Å². The highest BCUT2D eigenvalue weighted by atomic mass is 16.3. The summed E-state index contributed by atoms with van der Waals surface area (Å²) in [6.07, 6.45) is 2.91. The third kappa shape index (κ3) is 2.96. The largest absolute Gasteiger partial charge is 0.384 e. The maximum atomic E-state index is 11.3. The molecule has 13 heavy (non-hydrogen) atoms. The molecule has 0 aliphatic carbocycles. The second kappa shape index (κ2) is 5.18. The van der Waals surface area contributed by atoms with Gasteiger partial charge in [-0.3, -0.25) is 4.79 Å². The van der Waals surface area contributed by atoms with Gasteiger partial charge in [-0.15, -0.1) is 6.58 Å². The Morgan fingerprint density at radius 3 is 2.46 bits per heavy atom. The molecule has 2 nitrogen and oxygen atoms in total. The SMILES string of the molecule is C=C[C@](C)(CCC)[C@@H](O)C(=O)CC. The van der Waals surface area contributed by atoms with Crippen molar-refractivity contribution < 1.29 is 9.90 Å². The predicted molar refractivity (Wildman–Crippen MR) is 54.5 cm³/mol. The van der Waals surface area contributed by atoms with E-state index in [0.717, 1.165) is 12.8 Å². The predicted octanol–water partition coefficient (Wildman–Crippen LogP) is 2.32. The average molecular weight is 184 g/mol. The smallest absolute Gasteiger partial charge is 0.161 e. The maximum absolute atomic E-state index is 11.3. The summed E-state index contributed by atoms with van der Waals surface area (Å²) >= 11 is 0. The van der Waals surface area contributed by atoms with Crippen molar-refractivity contribution in [2.24, 2.45) is 5.41 Å². The first kappa shape index (κ1) is 12.4.